The van der Waals surface area contributed by atoms with E-state index in [-0.39, 0.29) is 0 Å². The summed E-state index contributed by atoms with van der Waals surface area (Å²) < 4.78 is 37.7. The molecule has 5 heteroatoms. The van der Waals surface area contributed by atoms with E-state index in [0.717, 1.165) is 37.1 Å². The van der Waals surface area contributed by atoms with Crippen molar-refractivity contribution in [1.82, 2.24) is 4.90 Å². The molecule has 0 aliphatic heterocycles. The van der Waals surface area contributed by atoms with Crippen LogP contribution in [0.3, 0.4) is 0 Å². The van der Waals surface area contributed by atoms with Crippen molar-refractivity contribution in [2.45, 2.75) is 44.9 Å². The Hall–Kier alpha value is -1.07. The first kappa shape index (κ1) is 16.3. The van der Waals surface area contributed by atoms with E-state index in [2.05, 4.69) is 11.8 Å². The molecule has 0 heterocycles. The molecule has 1 aliphatic carbocycles. The van der Waals surface area contributed by atoms with Crippen molar-refractivity contribution in [3.63, 3.8) is 0 Å². The lowest BCUT2D eigenvalue weighted by atomic mass is 10.0. The average Bonchev–Trinajstić information content (AvgIpc) is 2.92. The Kier molecular flexibility index (Phi) is 5.27. The summed E-state index contributed by atoms with van der Waals surface area (Å²) in [5, 5.41) is 0. The Bertz CT molecular complexity index is 442. The molecule has 2 rings (SSSR count). The maximum Gasteiger partial charge on any atom is 0.416 e. The highest BCUT2D eigenvalue weighted by Gasteiger charge is 2.31. The highest BCUT2D eigenvalue weighted by molar-refractivity contribution is 5.24. The monoisotopic (exact) mass is 300 g/mol. The molecular weight excluding hydrogens is 277 g/mol. The van der Waals surface area contributed by atoms with Crippen LogP contribution in [0.15, 0.2) is 24.3 Å². The van der Waals surface area contributed by atoms with Crippen LogP contribution in [0, 0.1) is 5.92 Å². The van der Waals surface area contributed by atoms with Crippen molar-refractivity contribution < 1.29 is 13.2 Å². The maximum absolute atomic E-state index is 12.6. The van der Waals surface area contributed by atoms with E-state index in [1.54, 1.807) is 12.1 Å². The fourth-order valence-electron chi connectivity index (χ4n) is 3.27. The van der Waals surface area contributed by atoms with Gasteiger partial charge < -0.3 is 5.73 Å². The second-order valence-electron chi connectivity index (χ2n) is 5.75. The Morgan fingerprint density at radius 3 is 2.38 bits per heavy atom. The van der Waals surface area contributed by atoms with Gasteiger partial charge in [0.15, 0.2) is 0 Å². The molecule has 118 valence electrons. The molecule has 2 atom stereocenters. The highest BCUT2D eigenvalue weighted by atomic mass is 19.4. The summed E-state index contributed by atoms with van der Waals surface area (Å²) in [5.41, 5.74) is 6.16. The minimum Gasteiger partial charge on any atom is -0.330 e. The first-order valence-electron chi connectivity index (χ1n) is 7.56. The molecule has 1 aromatic rings. The van der Waals surface area contributed by atoms with Crippen LogP contribution in [0.5, 0.6) is 0 Å². The number of nitrogens with two attached hydrogens (primary N) is 1. The number of hydrogen-bond donors (Lipinski definition) is 1. The molecule has 0 bridgehead atoms. The number of hydrogen-bond acceptors (Lipinski definition) is 2. The molecule has 0 saturated heterocycles. The minimum absolute atomic E-state index is 0.460. The third-order valence-electron chi connectivity index (χ3n) is 4.46. The van der Waals surface area contributed by atoms with Gasteiger partial charge in [-0.15, -0.1) is 0 Å². The molecule has 1 fully saturated rings. The molecule has 0 aromatic heterocycles. The zero-order valence-corrected chi connectivity index (χ0v) is 12.4. The summed E-state index contributed by atoms with van der Waals surface area (Å²) in [7, 11) is 0. The predicted molar refractivity (Wildman–Crippen MR) is 77.7 cm³/mol. The van der Waals surface area contributed by atoms with Crippen molar-refractivity contribution in [3.05, 3.63) is 35.4 Å². The first-order chi connectivity index (χ1) is 9.95. The lowest BCUT2D eigenvalue weighted by Gasteiger charge is -2.31. The third kappa shape index (κ3) is 3.98. The van der Waals surface area contributed by atoms with Crippen LogP contribution in [-0.2, 0) is 12.7 Å². The third-order valence-corrected chi connectivity index (χ3v) is 4.46. The number of nitrogens with zero attached hydrogens (tertiary/aromatic N) is 1. The number of halogens is 3. The van der Waals surface area contributed by atoms with Gasteiger partial charge in [0.25, 0.3) is 0 Å². The Morgan fingerprint density at radius 2 is 1.86 bits per heavy atom. The van der Waals surface area contributed by atoms with E-state index in [1.807, 2.05) is 0 Å². The number of benzene rings is 1. The summed E-state index contributed by atoms with van der Waals surface area (Å²) in [6, 6.07) is 5.95. The lowest BCUT2D eigenvalue weighted by molar-refractivity contribution is -0.137. The second-order valence-corrected chi connectivity index (χ2v) is 5.75. The van der Waals surface area contributed by atoms with E-state index in [4.69, 9.17) is 5.73 Å². The van der Waals surface area contributed by atoms with Crippen LogP contribution in [0.1, 0.15) is 37.3 Å². The fraction of sp³-hybridized carbons (Fsp3) is 0.625. The minimum atomic E-state index is -4.26. The van der Waals surface area contributed by atoms with Crippen molar-refractivity contribution in [2.24, 2.45) is 11.7 Å². The van der Waals surface area contributed by atoms with Gasteiger partial charge >= 0.3 is 6.18 Å². The molecule has 1 saturated carbocycles. The standard InChI is InChI=1S/C16H23F3N2/c1-2-21(15-5-3-4-13(15)10-20)11-12-6-8-14(9-7-12)16(17,18)19/h6-9,13,15H,2-5,10-11,20H2,1H3. The van der Waals surface area contributed by atoms with E-state index < -0.39 is 11.7 Å². The summed E-state index contributed by atoms with van der Waals surface area (Å²) in [6.07, 6.45) is -0.782. The predicted octanol–water partition coefficient (Wildman–Crippen LogP) is 3.65. The Balaban J connectivity index is 2.05. The van der Waals surface area contributed by atoms with Crippen LogP contribution in [0.25, 0.3) is 0 Å². The average molecular weight is 300 g/mol. The molecule has 0 radical (unpaired) electrons. The van der Waals surface area contributed by atoms with Gasteiger partial charge in [0, 0.05) is 12.6 Å². The first-order valence-corrected chi connectivity index (χ1v) is 7.56. The van der Waals surface area contributed by atoms with E-state index in [0.29, 0.717) is 25.0 Å². The molecule has 2 nitrogen and oxygen atoms in total. The molecule has 0 amide bonds. The zero-order valence-electron chi connectivity index (χ0n) is 12.4. The Morgan fingerprint density at radius 1 is 1.19 bits per heavy atom. The van der Waals surface area contributed by atoms with Gasteiger partial charge in [-0.2, -0.15) is 13.2 Å². The normalized spacial score (nSPS) is 23.0. The van der Waals surface area contributed by atoms with Crippen LogP contribution in [0.2, 0.25) is 0 Å². The SMILES string of the molecule is CCN(Cc1ccc(C(F)(F)F)cc1)C1CCCC1CN. The smallest absolute Gasteiger partial charge is 0.330 e. The van der Waals surface area contributed by atoms with Gasteiger partial charge in [-0.25, -0.2) is 0 Å². The molecule has 2 unspecified atom stereocenters. The van der Waals surface area contributed by atoms with Crippen LogP contribution in [0.4, 0.5) is 13.2 Å². The van der Waals surface area contributed by atoms with E-state index in [1.165, 1.54) is 6.42 Å². The van der Waals surface area contributed by atoms with Gasteiger partial charge in [0.2, 0.25) is 0 Å². The highest BCUT2D eigenvalue weighted by Crippen LogP contribution is 2.31. The molecule has 21 heavy (non-hydrogen) atoms. The summed E-state index contributed by atoms with van der Waals surface area (Å²) in [4.78, 5) is 2.34. The van der Waals surface area contributed by atoms with Crippen molar-refractivity contribution >= 4 is 0 Å². The fourth-order valence-corrected chi connectivity index (χ4v) is 3.27. The van der Waals surface area contributed by atoms with E-state index >= 15 is 0 Å². The van der Waals surface area contributed by atoms with Gasteiger partial charge in [-0.3, -0.25) is 4.90 Å². The number of rotatable bonds is 5. The van der Waals surface area contributed by atoms with Crippen LogP contribution in [-0.4, -0.2) is 24.0 Å². The molecule has 0 spiro atoms. The lowest BCUT2D eigenvalue weighted by Crippen LogP contribution is -2.39. The summed E-state index contributed by atoms with van der Waals surface area (Å²) in [6.45, 7) is 4.36. The molecule has 1 aliphatic rings. The largest absolute Gasteiger partial charge is 0.416 e. The molecule has 1 aromatic carbocycles. The molecule has 2 N–H and O–H groups in total. The number of alkyl halides is 3. The Labute approximate surface area is 124 Å². The maximum atomic E-state index is 12.6. The van der Waals surface area contributed by atoms with Crippen molar-refractivity contribution in [2.75, 3.05) is 13.1 Å². The summed E-state index contributed by atoms with van der Waals surface area (Å²) >= 11 is 0. The van der Waals surface area contributed by atoms with E-state index in [9.17, 15) is 13.2 Å². The molecular formula is C16H23F3N2. The van der Waals surface area contributed by atoms with Crippen LogP contribution < -0.4 is 5.73 Å². The topological polar surface area (TPSA) is 29.3 Å². The quantitative estimate of drug-likeness (QED) is 0.899. The van der Waals surface area contributed by atoms with Crippen molar-refractivity contribution in [1.29, 1.82) is 0 Å². The van der Waals surface area contributed by atoms with Gasteiger partial charge in [0.05, 0.1) is 5.56 Å². The van der Waals surface area contributed by atoms with Crippen molar-refractivity contribution in [3.8, 4) is 0 Å². The van der Waals surface area contributed by atoms with Gasteiger partial charge in [0.1, 0.15) is 0 Å². The summed E-state index contributed by atoms with van der Waals surface area (Å²) in [5.74, 6) is 0.513. The van der Waals surface area contributed by atoms with Crippen LogP contribution >= 0.6 is 0 Å². The van der Waals surface area contributed by atoms with Gasteiger partial charge in [-0.1, -0.05) is 25.5 Å². The zero-order chi connectivity index (χ0) is 15.5. The van der Waals surface area contributed by atoms with Gasteiger partial charge in [-0.05, 0) is 49.5 Å². The second kappa shape index (κ2) is 6.79.